The Balaban J connectivity index is 1.29. The summed E-state index contributed by atoms with van der Waals surface area (Å²) < 4.78 is 5.71. The molecule has 2 aromatic carbocycles. The van der Waals surface area contributed by atoms with Gasteiger partial charge in [0.05, 0.1) is 18.1 Å². The Morgan fingerprint density at radius 3 is 2.09 bits per heavy atom. The highest BCUT2D eigenvalue weighted by molar-refractivity contribution is 6.30. The molecule has 2 fully saturated rings. The number of halogens is 1. The van der Waals surface area contributed by atoms with E-state index in [1.54, 1.807) is 29.2 Å². The molecule has 7 nitrogen and oxygen atoms in total. The predicted molar refractivity (Wildman–Crippen MR) is 134 cm³/mol. The van der Waals surface area contributed by atoms with Crippen LogP contribution in [0.25, 0.3) is 0 Å². The normalized spacial score (nSPS) is 22.5. The molecule has 0 aliphatic carbocycles. The number of morpholine rings is 1. The van der Waals surface area contributed by atoms with Gasteiger partial charge in [0.25, 0.3) is 11.8 Å². The average Bonchev–Trinajstić information content (AvgIpc) is 2.86. The van der Waals surface area contributed by atoms with Crippen molar-refractivity contribution in [2.45, 2.75) is 45.4 Å². The lowest BCUT2D eigenvalue weighted by Crippen LogP contribution is -2.48. The van der Waals surface area contributed by atoms with Crippen LogP contribution in [0.1, 0.15) is 53.0 Å². The molecule has 186 valence electrons. The zero-order valence-corrected chi connectivity index (χ0v) is 21.0. The number of nitrogens with one attached hydrogen (secondary N) is 1. The van der Waals surface area contributed by atoms with Gasteiger partial charge in [0.1, 0.15) is 0 Å². The van der Waals surface area contributed by atoms with Gasteiger partial charge in [-0.3, -0.25) is 14.4 Å². The van der Waals surface area contributed by atoms with E-state index in [4.69, 9.17) is 16.3 Å². The molecule has 2 saturated heterocycles. The quantitative estimate of drug-likeness (QED) is 0.682. The van der Waals surface area contributed by atoms with Gasteiger partial charge in [0, 0.05) is 48.9 Å². The Bertz CT molecular complexity index is 1050. The Hall–Kier alpha value is -2.90. The van der Waals surface area contributed by atoms with Gasteiger partial charge in [0.15, 0.2) is 0 Å². The van der Waals surface area contributed by atoms with Crippen LogP contribution in [-0.2, 0) is 16.1 Å². The molecule has 0 radical (unpaired) electrons. The molecular weight excluding hydrogens is 466 g/mol. The van der Waals surface area contributed by atoms with E-state index in [0.717, 1.165) is 18.4 Å². The molecule has 8 heteroatoms. The van der Waals surface area contributed by atoms with E-state index >= 15 is 0 Å². The first-order valence-corrected chi connectivity index (χ1v) is 12.5. The topological polar surface area (TPSA) is 79.0 Å². The van der Waals surface area contributed by atoms with E-state index in [1.165, 1.54) is 0 Å². The molecule has 2 aliphatic heterocycles. The maximum Gasteiger partial charge on any atom is 0.254 e. The molecular formula is C27H32ClN3O4. The second-order valence-corrected chi connectivity index (χ2v) is 9.92. The van der Waals surface area contributed by atoms with Crippen LogP contribution in [0.4, 0.5) is 0 Å². The van der Waals surface area contributed by atoms with E-state index < -0.39 is 0 Å². The molecule has 0 aromatic heterocycles. The summed E-state index contributed by atoms with van der Waals surface area (Å²) in [4.78, 5) is 42.0. The largest absolute Gasteiger partial charge is 0.372 e. The molecule has 4 rings (SSSR count). The second kappa shape index (κ2) is 11.2. The number of rotatable bonds is 5. The highest BCUT2D eigenvalue weighted by Gasteiger charge is 2.29. The van der Waals surface area contributed by atoms with Gasteiger partial charge < -0.3 is 19.9 Å². The second-order valence-electron chi connectivity index (χ2n) is 9.48. The van der Waals surface area contributed by atoms with Crippen molar-refractivity contribution in [2.24, 2.45) is 5.92 Å². The number of hydrogen-bond acceptors (Lipinski definition) is 4. The van der Waals surface area contributed by atoms with Crippen LogP contribution < -0.4 is 5.32 Å². The molecule has 2 aromatic rings. The van der Waals surface area contributed by atoms with Crippen LogP contribution in [0.5, 0.6) is 0 Å². The Morgan fingerprint density at radius 1 is 0.886 bits per heavy atom. The van der Waals surface area contributed by atoms with Crippen LogP contribution in [0.15, 0.2) is 48.5 Å². The number of likely N-dealkylation sites (tertiary alicyclic amines) is 1. The maximum atomic E-state index is 12.8. The number of benzene rings is 2. The molecule has 1 N–H and O–H groups in total. The average molecular weight is 498 g/mol. The van der Waals surface area contributed by atoms with Crippen molar-refractivity contribution < 1.29 is 19.1 Å². The number of amides is 3. The monoisotopic (exact) mass is 497 g/mol. The van der Waals surface area contributed by atoms with Crippen LogP contribution >= 0.6 is 11.6 Å². The molecule has 3 unspecified atom stereocenters. The number of ether oxygens (including phenoxy) is 1. The van der Waals surface area contributed by atoms with Crippen molar-refractivity contribution in [3.63, 3.8) is 0 Å². The highest BCUT2D eigenvalue weighted by atomic mass is 35.5. The fourth-order valence-electron chi connectivity index (χ4n) is 4.78. The third kappa shape index (κ3) is 6.41. The Kier molecular flexibility index (Phi) is 8.08. The summed E-state index contributed by atoms with van der Waals surface area (Å²) >= 11 is 5.92. The molecule has 2 aliphatic rings. The van der Waals surface area contributed by atoms with E-state index in [-0.39, 0.29) is 35.8 Å². The van der Waals surface area contributed by atoms with E-state index in [0.29, 0.717) is 48.9 Å². The molecule has 3 atom stereocenters. The predicted octanol–water partition coefficient (Wildman–Crippen LogP) is 3.76. The Morgan fingerprint density at radius 2 is 1.46 bits per heavy atom. The minimum absolute atomic E-state index is 0.00441. The lowest BCUT2D eigenvalue weighted by molar-refractivity contribution is -0.126. The van der Waals surface area contributed by atoms with Gasteiger partial charge >= 0.3 is 0 Å². The van der Waals surface area contributed by atoms with Gasteiger partial charge in [-0.15, -0.1) is 0 Å². The number of carbonyl (C=O) groups excluding carboxylic acids is 3. The third-order valence-electron chi connectivity index (χ3n) is 6.55. The molecule has 0 bridgehead atoms. The first-order valence-electron chi connectivity index (χ1n) is 12.2. The Labute approximate surface area is 211 Å². The van der Waals surface area contributed by atoms with Gasteiger partial charge in [-0.25, -0.2) is 0 Å². The van der Waals surface area contributed by atoms with Crippen molar-refractivity contribution in [2.75, 3.05) is 26.2 Å². The maximum absolute atomic E-state index is 12.8. The van der Waals surface area contributed by atoms with Gasteiger partial charge in [-0.2, -0.15) is 0 Å². The zero-order valence-electron chi connectivity index (χ0n) is 20.2. The van der Waals surface area contributed by atoms with Crippen molar-refractivity contribution >= 4 is 29.3 Å². The highest BCUT2D eigenvalue weighted by Crippen LogP contribution is 2.20. The van der Waals surface area contributed by atoms with Gasteiger partial charge in [-0.1, -0.05) is 23.7 Å². The molecule has 2 heterocycles. The number of piperidine rings is 1. The zero-order chi connectivity index (χ0) is 24.9. The molecule has 35 heavy (non-hydrogen) atoms. The number of hydrogen-bond donors (Lipinski definition) is 1. The molecule has 0 spiro atoms. The van der Waals surface area contributed by atoms with E-state index in [1.807, 2.05) is 43.0 Å². The summed E-state index contributed by atoms with van der Waals surface area (Å²) in [6.07, 6.45) is 1.58. The summed E-state index contributed by atoms with van der Waals surface area (Å²) in [5.41, 5.74) is 2.12. The van der Waals surface area contributed by atoms with Crippen LogP contribution in [0.2, 0.25) is 5.02 Å². The number of nitrogens with zero attached hydrogens (tertiary/aromatic N) is 2. The summed E-state index contributed by atoms with van der Waals surface area (Å²) in [6.45, 7) is 6.53. The fourth-order valence-corrected chi connectivity index (χ4v) is 4.90. The SMILES string of the molecule is CC1CN(C(=O)c2ccc(CNC(=O)C3CCCN(C(=O)c4ccc(Cl)cc4)C3)cc2)CC(C)O1. The van der Waals surface area contributed by atoms with Crippen LogP contribution in [-0.4, -0.2) is 65.9 Å². The van der Waals surface area contributed by atoms with Crippen molar-refractivity contribution in [3.8, 4) is 0 Å². The molecule has 3 amide bonds. The lowest BCUT2D eigenvalue weighted by Gasteiger charge is -2.35. The third-order valence-corrected chi connectivity index (χ3v) is 6.80. The van der Waals surface area contributed by atoms with Crippen molar-refractivity contribution in [1.29, 1.82) is 0 Å². The molecule has 0 saturated carbocycles. The van der Waals surface area contributed by atoms with Crippen molar-refractivity contribution in [3.05, 3.63) is 70.2 Å². The smallest absolute Gasteiger partial charge is 0.254 e. The van der Waals surface area contributed by atoms with Crippen molar-refractivity contribution in [1.82, 2.24) is 15.1 Å². The van der Waals surface area contributed by atoms with Gasteiger partial charge in [-0.05, 0) is 68.7 Å². The minimum Gasteiger partial charge on any atom is -0.372 e. The first-order chi connectivity index (χ1) is 16.8. The first kappa shape index (κ1) is 25.2. The van der Waals surface area contributed by atoms with E-state index in [2.05, 4.69) is 5.32 Å². The summed E-state index contributed by atoms with van der Waals surface area (Å²) in [6, 6.07) is 14.2. The minimum atomic E-state index is -0.244. The summed E-state index contributed by atoms with van der Waals surface area (Å²) in [5.74, 6) is -0.389. The number of carbonyl (C=O) groups is 3. The van der Waals surface area contributed by atoms with Crippen LogP contribution in [0, 0.1) is 5.92 Å². The van der Waals surface area contributed by atoms with Gasteiger partial charge in [0.2, 0.25) is 5.91 Å². The fraction of sp³-hybridized carbons (Fsp3) is 0.444. The standard InChI is InChI=1S/C27H32ClN3O4/c1-18-15-31(16-19(2)35-18)27(34)21-7-5-20(6-8-21)14-29-25(32)23-4-3-13-30(17-23)26(33)22-9-11-24(28)12-10-22/h5-12,18-19,23H,3-4,13-17H2,1-2H3,(H,29,32). The van der Waals surface area contributed by atoms with Crippen LogP contribution in [0.3, 0.4) is 0 Å². The summed E-state index contributed by atoms with van der Waals surface area (Å²) in [7, 11) is 0. The lowest BCUT2D eigenvalue weighted by atomic mass is 9.96. The van der Waals surface area contributed by atoms with E-state index in [9.17, 15) is 14.4 Å². The summed E-state index contributed by atoms with van der Waals surface area (Å²) in [5, 5.41) is 3.58.